The lowest BCUT2D eigenvalue weighted by Gasteiger charge is -2.18. The predicted octanol–water partition coefficient (Wildman–Crippen LogP) is 7.45. The lowest BCUT2D eigenvalue weighted by atomic mass is 10.1. The van der Waals surface area contributed by atoms with Crippen molar-refractivity contribution in [2.45, 2.75) is 49.7 Å². The molecule has 0 N–H and O–H groups in total. The van der Waals surface area contributed by atoms with E-state index >= 15 is 0 Å². The molecule has 0 aliphatic rings. The fourth-order valence-corrected chi connectivity index (χ4v) is 5.33. The van der Waals surface area contributed by atoms with Crippen LogP contribution in [0.15, 0.2) is 71.1 Å². The number of nitrogens with zero attached hydrogens (tertiary/aromatic N) is 2. The average molecular weight is 447 g/mol. The number of Topliss-reactive ketones (excluding diaryl/α,β-unsaturated/α-hetero) is 1. The largest absolute Gasteiger partial charge is 0.294 e. The van der Waals surface area contributed by atoms with Crippen molar-refractivity contribution in [1.82, 2.24) is 9.97 Å². The lowest BCUT2D eigenvalue weighted by molar-refractivity contribution is 0.0980. The number of ketones is 1. The molecule has 0 saturated heterocycles. The molecule has 0 aliphatic carbocycles. The Morgan fingerprint density at radius 3 is 2.65 bits per heavy atom. The zero-order valence-electron chi connectivity index (χ0n) is 18.1. The molecule has 2 aromatic carbocycles. The molecule has 31 heavy (non-hydrogen) atoms. The molecule has 0 amide bonds. The van der Waals surface area contributed by atoms with E-state index in [1.54, 1.807) is 29.3 Å². The van der Waals surface area contributed by atoms with Crippen LogP contribution in [0.4, 0.5) is 0 Å². The number of thiazole rings is 1. The van der Waals surface area contributed by atoms with Gasteiger partial charge in [0.15, 0.2) is 5.78 Å². The zero-order chi connectivity index (χ0) is 21.8. The summed E-state index contributed by atoms with van der Waals surface area (Å²) in [4.78, 5) is 23.3. The first-order valence-corrected chi connectivity index (χ1v) is 12.2. The van der Waals surface area contributed by atoms with Crippen molar-refractivity contribution in [3.8, 4) is 11.3 Å². The van der Waals surface area contributed by atoms with Gasteiger partial charge in [-0.3, -0.25) is 9.78 Å². The van der Waals surface area contributed by atoms with Crippen LogP contribution in [0.3, 0.4) is 0 Å². The maximum absolute atomic E-state index is 12.8. The van der Waals surface area contributed by atoms with E-state index in [1.165, 1.54) is 0 Å². The number of carbonyl (C=O) groups excluding carboxylic acids is 1. The van der Waals surface area contributed by atoms with E-state index in [0.717, 1.165) is 44.9 Å². The smallest absolute Gasteiger partial charge is 0.164 e. The average Bonchev–Trinajstić information content (AvgIpc) is 3.22. The van der Waals surface area contributed by atoms with Gasteiger partial charge in [0.25, 0.3) is 0 Å². The Hall–Kier alpha value is -2.50. The Morgan fingerprint density at radius 1 is 1.06 bits per heavy atom. The number of rotatable bonds is 7. The van der Waals surface area contributed by atoms with E-state index in [1.807, 2.05) is 36.4 Å². The summed E-state index contributed by atoms with van der Waals surface area (Å²) in [5, 5.41) is 4.19. The molecule has 3 nitrogen and oxygen atoms in total. The van der Waals surface area contributed by atoms with Crippen molar-refractivity contribution >= 4 is 39.8 Å². The number of hydrogen-bond acceptors (Lipinski definition) is 5. The molecule has 0 spiro atoms. The van der Waals surface area contributed by atoms with Gasteiger partial charge in [0.2, 0.25) is 0 Å². The third-order valence-corrected chi connectivity index (χ3v) is 6.90. The van der Waals surface area contributed by atoms with Gasteiger partial charge in [-0.25, -0.2) is 4.98 Å². The van der Waals surface area contributed by atoms with Gasteiger partial charge in [0.1, 0.15) is 0 Å². The monoisotopic (exact) mass is 446 g/mol. The van der Waals surface area contributed by atoms with Crippen molar-refractivity contribution < 1.29 is 4.79 Å². The van der Waals surface area contributed by atoms with E-state index in [-0.39, 0.29) is 10.5 Å². The third kappa shape index (κ3) is 5.60. The summed E-state index contributed by atoms with van der Waals surface area (Å²) in [6, 6.07) is 18.4. The minimum absolute atomic E-state index is 0.112. The third-order valence-electron chi connectivity index (χ3n) is 4.83. The zero-order valence-corrected chi connectivity index (χ0v) is 19.7. The maximum atomic E-state index is 12.8. The van der Waals surface area contributed by atoms with Gasteiger partial charge in [0.05, 0.1) is 16.2 Å². The second-order valence-electron chi connectivity index (χ2n) is 8.54. The molecule has 0 unspecified atom stereocenters. The van der Waals surface area contributed by atoms with Crippen molar-refractivity contribution in [3.63, 3.8) is 0 Å². The second kappa shape index (κ2) is 9.33. The summed E-state index contributed by atoms with van der Waals surface area (Å²) in [6.07, 6.45) is 3.84. The molecule has 0 fully saturated rings. The fraction of sp³-hybridized carbons (Fsp3) is 0.269. The Morgan fingerprint density at radius 2 is 1.87 bits per heavy atom. The van der Waals surface area contributed by atoms with Gasteiger partial charge < -0.3 is 0 Å². The molecule has 0 bridgehead atoms. The van der Waals surface area contributed by atoms with Crippen molar-refractivity contribution in [3.05, 3.63) is 76.7 Å². The molecule has 0 aliphatic heterocycles. The highest BCUT2D eigenvalue weighted by molar-refractivity contribution is 8.00. The van der Waals surface area contributed by atoms with Crippen LogP contribution < -0.4 is 0 Å². The van der Waals surface area contributed by atoms with Gasteiger partial charge in [-0.1, -0.05) is 63.2 Å². The molecular formula is C26H26N2OS2. The molecule has 5 heteroatoms. The molecule has 2 aromatic heterocycles. The Labute approximate surface area is 192 Å². The minimum Gasteiger partial charge on any atom is -0.294 e. The Kier molecular flexibility index (Phi) is 6.54. The lowest BCUT2D eigenvalue weighted by Crippen LogP contribution is -2.07. The molecular weight excluding hydrogens is 420 g/mol. The summed E-state index contributed by atoms with van der Waals surface area (Å²) in [5.41, 5.74) is 3.80. The molecule has 158 valence electrons. The van der Waals surface area contributed by atoms with Crippen molar-refractivity contribution in [2.24, 2.45) is 0 Å². The quantitative estimate of drug-likeness (QED) is 0.218. The van der Waals surface area contributed by atoms with Crippen LogP contribution >= 0.6 is 23.1 Å². The number of thioether (sulfide) groups is 1. The van der Waals surface area contributed by atoms with E-state index in [0.29, 0.717) is 12.0 Å². The standard InChI is InChI=1S/C26H26N2OS2/c1-26(2,3)31-23-13-7-11-19-15-20(16-27-25(19)23)22(29)12-8-14-24-28-21(17-30-24)18-9-5-4-6-10-18/h4-7,9-11,13,15-17H,8,12,14H2,1-3H3. The minimum atomic E-state index is 0.112. The first-order valence-electron chi connectivity index (χ1n) is 10.5. The molecule has 0 saturated carbocycles. The number of aromatic nitrogens is 2. The Bertz CT molecular complexity index is 1190. The van der Waals surface area contributed by atoms with Crippen LogP contribution in [0.1, 0.15) is 49.0 Å². The van der Waals surface area contributed by atoms with Crippen LogP contribution in [-0.2, 0) is 6.42 Å². The molecule has 4 rings (SSSR count). The number of hydrogen-bond donors (Lipinski definition) is 0. The summed E-state index contributed by atoms with van der Waals surface area (Å²) < 4.78 is 0.112. The van der Waals surface area contributed by atoms with Crippen LogP contribution in [0.2, 0.25) is 0 Å². The number of pyridine rings is 1. The van der Waals surface area contributed by atoms with Gasteiger partial charge in [0, 0.05) is 44.2 Å². The first kappa shape index (κ1) is 21.7. The molecule has 0 radical (unpaired) electrons. The molecule has 0 atom stereocenters. The van der Waals surface area contributed by atoms with Crippen molar-refractivity contribution in [2.75, 3.05) is 0 Å². The van der Waals surface area contributed by atoms with Gasteiger partial charge in [-0.05, 0) is 25.0 Å². The van der Waals surface area contributed by atoms with Crippen LogP contribution in [-0.4, -0.2) is 20.5 Å². The van der Waals surface area contributed by atoms with E-state index < -0.39 is 0 Å². The van der Waals surface area contributed by atoms with E-state index in [4.69, 9.17) is 4.98 Å². The topological polar surface area (TPSA) is 42.9 Å². The summed E-state index contributed by atoms with van der Waals surface area (Å²) in [5.74, 6) is 0.142. The summed E-state index contributed by atoms with van der Waals surface area (Å²) >= 11 is 3.47. The SMILES string of the molecule is CC(C)(C)Sc1cccc2cc(C(=O)CCCc3nc(-c4ccccc4)cs3)cnc12. The van der Waals surface area contributed by atoms with Gasteiger partial charge in [-0.2, -0.15) is 0 Å². The second-order valence-corrected chi connectivity index (χ2v) is 11.3. The van der Waals surface area contributed by atoms with Crippen molar-refractivity contribution in [1.29, 1.82) is 0 Å². The summed E-state index contributed by atoms with van der Waals surface area (Å²) in [7, 11) is 0. The maximum Gasteiger partial charge on any atom is 0.164 e. The first-order chi connectivity index (χ1) is 14.9. The highest BCUT2D eigenvalue weighted by atomic mass is 32.2. The number of carbonyl (C=O) groups is 1. The Balaban J connectivity index is 1.39. The van der Waals surface area contributed by atoms with Gasteiger partial charge in [-0.15, -0.1) is 23.1 Å². The highest BCUT2D eigenvalue weighted by Crippen LogP contribution is 2.35. The highest BCUT2D eigenvalue weighted by Gasteiger charge is 2.16. The number of aryl methyl sites for hydroxylation is 1. The predicted molar refractivity (Wildman–Crippen MR) is 132 cm³/mol. The van der Waals surface area contributed by atoms with Gasteiger partial charge >= 0.3 is 0 Å². The van der Waals surface area contributed by atoms with E-state index in [2.05, 4.69) is 49.3 Å². The number of fused-ring (bicyclic) bond motifs is 1. The fourth-order valence-electron chi connectivity index (χ4n) is 3.41. The van der Waals surface area contributed by atoms with E-state index in [9.17, 15) is 4.79 Å². The number of para-hydroxylation sites is 1. The normalized spacial score (nSPS) is 11.7. The van der Waals surface area contributed by atoms with Crippen LogP contribution in [0.25, 0.3) is 22.2 Å². The molecule has 2 heterocycles. The summed E-state index contributed by atoms with van der Waals surface area (Å²) in [6.45, 7) is 6.58. The molecule has 4 aromatic rings. The van der Waals surface area contributed by atoms with Crippen LogP contribution in [0, 0.1) is 0 Å². The number of benzene rings is 2. The van der Waals surface area contributed by atoms with Crippen LogP contribution in [0.5, 0.6) is 0 Å².